The van der Waals surface area contributed by atoms with Crippen LogP contribution in [0.1, 0.15) is 18.7 Å². The summed E-state index contributed by atoms with van der Waals surface area (Å²) < 4.78 is 39.3. The van der Waals surface area contributed by atoms with Crippen molar-refractivity contribution in [1.29, 1.82) is 0 Å². The van der Waals surface area contributed by atoms with E-state index in [-0.39, 0.29) is 11.6 Å². The number of hydrogen-bond acceptors (Lipinski definition) is 5. The molecule has 1 N–H and O–H groups in total. The highest BCUT2D eigenvalue weighted by molar-refractivity contribution is 5.85. The van der Waals surface area contributed by atoms with Crippen LogP contribution < -0.4 is 10.2 Å². The van der Waals surface area contributed by atoms with Gasteiger partial charge in [0.25, 0.3) is 5.82 Å². The number of carbonyl (C=O) groups excluding carboxylic acids is 1. The molecule has 1 atom stereocenters. The van der Waals surface area contributed by atoms with Crippen LogP contribution in [0.3, 0.4) is 0 Å². The van der Waals surface area contributed by atoms with Gasteiger partial charge in [0.05, 0.1) is 0 Å². The number of nitrogens with one attached hydrogen (secondary N) is 1. The smallest absolute Gasteiger partial charge is 0.357 e. The Bertz CT molecular complexity index is 712. The summed E-state index contributed by atoms with van der Waals surface area (Å²) in [6, 6.07) is 2.52. The Morgan fingerprint density at radius 3 is 2.82 bits per heavy atom. The maximum Gasteiger partial charge on any atom is 0.453 e. The predicted molar refractivity (Wildman–Crippen MR) is 70.2 cm³/mol. The van der Waals surface area contributed by atoms with Crippen molar-refractivity contribution in [1.82, 2.24) is 25.1 Å². The molecule has 1 aliphatic rings. The van der Waals surface area contributed by atoms with Crippen molar-refractivity contribution in [3.63, 3.8) is 0 Å². The van der Waals surface area contributed by atoms with E-state index in [1.54, 1.807) is 11.0 Å². The molecule has 118 valence electrons. The Labute approximate surface area is 123 Å². The number of hydrogen-bond donors (Lipinski definition) is 1. The molecule has 3 rings (SSSR count). The highest BCUT2D eigenvalue weighted by atomic mass is 19.4. The molecule has 1 amide bonds. The number of alkyl halides is 3. The monoisotopic (exact) mass is 314 g/mol. The van der Waals surface area contributed by atoms with Crippen molar-refractivity contribution in [2.45, 2.75) is 25.1 Å². The third-order valence-electron chi connectivity index (χ3n) is 3.60. The summed E-state index contributed by atoms with van der Waals surface area (Å²) in [5.74, 6) is -1.07. The van der Waals surface area contributed by atoms with Gasteiger partial charge < -0.3 is 10.2 Å². The van der Waals surface area contributed by atoms with E-state index < -0.39 is 18.0 Å². The normalized spacial score (nSPS) is 18.9. The van der Waals surface area contributed by atoms with Crippen molar-refractivity contribution in [3.05, 3.63) is 18.0 Å². The molecule has 0 bridgehead atoms. The Morgan fingerprint density at radius 2 is 2.14 bits per heavy atom. The average molecular weight is 314 g/mol. The molecule has 3 heterocycles. The maximum atomic E-state index is 12.9. The van der Waals surface area contributed by atoms with Crippen LogP contribution >= 0.6 is 0 Å². The van der Waals surface area contributed by atoms with Crippen molar-refractivity contribution >= 4 is 17.4 Å². The van der Waals surface area contributed by atoms with Crippen molar-refractivity contribution < 1.29 is 18.0 Å². The minimum absolute atomic E-state index is 0.00626. The van der Waals surface area contributed by atoms with Gasteiger partial charge in [0.15, 0.2) is 5.65 Å². The zero-order valence-electron chi connectivity index (χ0n) is 11.6. The third kappa shape index (κ3) is 2.34. The minimum atomic E-state index is -4.64. The summed E-state index contributed by atoms with van der Waals surface area (Å²) in [7, 11) is 1.52. The van der Waals surface area contributed by atoms with E-state index in [0.29, 0.717) is 23.3 Å². The molecule has 0 aromatic carbocycles. The van der Waals surface area contributed by atoms with Gasteiger partial charge in [0.2, 0.25) is 5.91 Å². The standard InChI is InChI=1S/C12H13F3N6O/c1-16-10(22)7-3-2-6-20(7)9-5-4-8-17-18-11(12(13,14)15)21(8)19-9/h4-5,7H,2-3,6H2,1H3,(H,16,22)/t7-/m1/s1. The molecule has 1 fully saturated rings. The number of halogens is 3. The number of amides is 1. The van der Waals surface area contributed by atoms with Crippen LogP contribution in [-0.4, -0.2) is 45.4 Å². The zero-order chi connectivity index (χ0) is 15.9. The predicted octanol–water partition coefficient (Wildman–Crippen LogP) is 0.858. The van der Waals surface area contributed by atoms with Crippen LogP contribution in [0.25, 0.3) is 5.65 Å². The highest BCUT2D eigenvalue weighted by Gasteiger charge is 2.38. The fourth-order valence-corrected chi connectivity index (χ4v) is 2.59. The largest absolute Gasteiger partial charge is 0.453 e. The summed E-state index contributed by atoms with van der Waals surface area (Å²) in [5, 5.41) is 13.1. The van der Waals surface area contributed by atoms with Gasteiger partial charge in [-0.2, -0.15) is 17.7 Å². The fraction of sp³-hybridized carbons (Fsp3) is 0.500. The van der Waals surface area contributed by atoms with E-state index in [2.05, 4.69) is 20.6 Å². The van der Waals surface area contributed by atoms with E-state index in [0.717, 1.165) is 6.42 Å². The lowest BCUT2D eigenvalue weighted by atomic mass is 10.2. The van der Waals surface area contributed by atoms with Crippen LogP contribution in [0.15, 0.2) is 12.1 Å². The number of anilines is 1. The Kier molecular flexibility index (Phi) is 3.38. The van der Waals surface area contributed by atoms with Crippen LogP contribution in [0.4, 0.5) is 19.0 Å². The van der Waals surface area contributed by atoms with Crippen molar-refractivity contribution in [2.75, 3.05) is 18.5 Å². The Morgan fingerprint density at radius 1 is 1.36 bits per heavy atom. The molecule has 2 aromatic rings. The van der Waals surface area contributed by atoms with Gasteiger partial charge in [0, 0.05) is 13.6 Å². The zero-order valence-corrected chi connectivity index (χ0v) is 11.6. The second-order valence-electron chi connectivity index (χ2n) is 4.95. The van der Waals surface area contributed by atoms with Gasteiger partial charge in [-0.15, -0.1) is 15.3 Å². The summed E-state index contributed by atoms with van der Waals surface area (Å²) in [6.07, 6.45) is -3.24. The minimum Gasteiger partial charge on any atom is -0.357 e. The number of fused-ring (bicyclic) bond motifs is 1. The highest BCUT2D eigenvalue weighted by Crippen LogP contribution is 2.29. The van der Waals surface area contributed by atoms with Gasteiger partial charge in [-0.05, 0) is 25.0 Å². The molecular formula is C12H13F3N6O. The first-order valence-corrected chi connectivity index (χ1v) is 6.69. The number of rotatable bonds is 2. The quantitative estimate of drug-likeness (QED) is 0.890. The lowest BCUT2D eigenvalue weighted by Gasteiger charge is -2.24. The molecule has 0 spiro atoms. The topological polar surface area (TPSA) is 75.4 Å². The van der Waals surface area contributed by atoms with Crippen molar-refractivity contribution in [2.24, 2.45) is 0 Å². The summed E-state index contributed by atoms with van der Waals surface area (Å²) in [5.41, 5.74) is 0.00626. The SMILES string of the molecule is CNC(=O)[C@H]1CCCN1c1ccc2nnc(C(F)(F)F)n2n1. The van der Waals surface area contributed by atoms with E-state index in [4.69, 9.17) is 0 Å². The third-order valence-corrected chi connectivity index (χ3v) is 3.60. The first-order chi connectivity index (χ1) is 10.4. The number of aromatic nitrogens is 4. The summed E-state index contributed by atoms with van der Waals surface area (Å²) in [6.45, 7) is 0.556. The number of carbonyl (C=O) groups is 1. The second-order valence-corrected chi connectivity index (χ2v) is 4.95. The van der Waals surface area contributed by atoms with E-state index >= 15 is 0 Å². The molecule has 22 heavy (non-hydrogen) atoms. The molecule has 0 unspecified atom stereocenters. The van der Waals surface area contributed by atoms with Crippen LogP contribution in [0.5, 0.6) is 0 Å². The molecule has 7 nitrogen and oxygen atoms in total. The molecule has 1 saturated heterocycles. The second kappa shape index (κ2) is 5.11. The molecule has 2 aromatic heterocycles. The molecule has 0 saturated carbocycles. The lowest BCUT2D eigenvalue weighted by molar-refractivity contribution is -0.146. The van der Waals surface area contributed by atoms with E-state index in [1.807, 2.05) is 0 Å². The number of nitrogens with zero attached hydrogens (tertiary/aromatic N) is 5. The van der Waals surface area contributed by atoms with Gasteiger partial charge in [-0.3, -0.25) is 4.79 Å². The molecule has 1 aliphatic heterocycles. The Hall–Kier alpha value is -2.39. The van der Waals surface area contributed by atoms with E-state index in [1.165, 1.54) is 13.1 Å². The molecular weight excluding hydrogens is 301 g/mol. The van der Waals surface area contributed by atoms with Crippen molar-refractivity contribution in [3.8, 4) is 0 Å². The van der Waals surface area contributed by atoms with Gasteiger partial charge in [-0.25, -0.2) is 0 Å². The molecule has 10 heteroatoms. The van der Waals surface area contributed by atoms with Gasteiger partial charge >= 0.3 is 6.18 Å². The first kappa shape index (κ1) is 14.5. The van der Waals surface area contributed by atoms with Gasteiger partial charge in [0.1, 0.15) is 11.9 Å². The maximum absolute atomic E-state index is 12.9. The van der Waals surface area contributed by atoms with E-state index in [9.17, 15) is 18.0 Å². The van der Waals surface area contributed by atoms with Crippen LogP contribution in [0.2, 0.25) is 0 Å². The lowest BCUT2D eigenvalue weighted by Crippen LogP contribution is -2.42. The Balaban J connectivity index is 2.03. The molecule has 0 radical (unpaired) electrons. The fourth-order valence-electron chi connectivity index (χ4n) is 2.59. The summed E-state index contributed by atoms with van der Waals surface area (Å²) >= 11 is 0. The molecule has 0 aliphatic carbocycles. The van der Waals surface area contributed by atoms with Gasteiger partial charge in [-0.1, -0.05) is 0 Å². The summed E-state index contributed by atoms with van der Waals surface area (Å²) in [4.78, 5) is 13.5. The average Bonchev–Trinajstić information content (AvgIpc) is 3.11. The first-order valence-electron chi connectivity index (χ1n) is 6.69. The van der Waals surface area contributed by atoms with Crippen LogP contribution in [0, 0.1) is 0 Å². The van der Waals surface area contributed by atoms with Crippen LogP contribution in [-0.2, 0) is 11.0 Å². The number of likely N-dealkylation sites (N-methyl/N-ethyl adjacent to an activating group) is 1.